The fourth-order valence-corrected chi connectivity index (χ4v) is 6.95. The van der Waals surface area contributed by atoms with Gasteiger partial charge in [-0.2, -0.15) is 0 Å². The summed E-state index contributed by atoms with van der Waals surface area (Å²) < 4.78 is 1.74. The monoisotopic (exact) mass is 572 g/mol. The largest absolute Gasteiger partial charge is 0.481 e. The molecule has 222 valence electrons. The molecular weight excluding hydrogens is 532 g/mol. The number of benzene rings is 1. The van der Waals surface area contributed by atoms with Crippen molar-refractivity contribution in [2.45, 2.75) is 58.8 Å². The molecule has 3 aliphatic heterocycles. The Hall–Kier alpha value is -3.95. The number of carboxylic acids is 1. The molecule has 0 saturated carbocycles. The van der Waals surface area contributed by atoms with E-state index in [1.807, 2.05) is 18.0 Å². The van der Waals surface area contributed by atoms with Crippen molar-refractivity contribution in [3.63, 3.8) is 0 Å². The zero-order valence-electron chi connectivity index (χ0n) is 25.0. The molecule has 10 nitrogen and oxygen atoms in total. The molecule has 0 unspecified atom stereocenters. The molecule has 10 heteroatoms. The minimum absolute atomic E-state index is 0.0313. The van der Waals surface area contributed by atoms with Crippen LogP contribution in [0.5, 0.6) is 0 Å². The van der Waals surface area contributed by atoms with Crippen LogP contribution in [0.4, 0.5) is 5.69 Å². The van der Waals surface area contributed by atoms with Gasteiger partial charge in [0, 0.05) is 56.5 Å². The first-order valence-electron chi connectivity index (χ1n) is 14.9. The Balaban J connectivity index is 1.14. The highest BCUT2D eigenvalue weighted by Gasteiger charge is 2.47. The molecule has 0 aliphatic carbocycles. The van der Waals surface area contributed by atoms with Crippen LogP contribution in [-0.2, 0) is 15.0 Å². The molecule has 3 saturated heterocycles. The van der Waals surface area contributed by atoms with Gasteiger partial charge in [-0.3, -0.25) is 14.4 Å². The van der Waals surface area contributed by atoms with E-state index in [9.17, 15) is 19.5 Å². The van der Waals surface area contributed by atoms with Crippen LogP contribution >= 0.6 is 0 Å². The van der Waals surface area contributed by atoms with E-state index in [4.69, 9.17) is 0 Å². The molecule has 2 atom stereocenters. The lowest BCUT2D eigenvalue weighted by molar-refractivity contribution is -0.151. The zero-order chi connectivity index (χ0) is 29.9. The van der Waals surface area contributed by atoms with Crippen molar-refractivity contribution in [2.24, 2.45) is 10.8 Å². The number of aromatic nitrogens is 3. The highest BCUT2D eigenvalue weighted by Crippen LogP contribution is 2.41. The second-order valence-corrected chi connectivity index (χ2v) is 13.6. The summed E-state index contributed by atoms with van der Waals surface area (Å²) in [5.41, 5.74) is 2.88. The molecule has 3 fully saturated rings. The number of carbonyl (C=O) groups excluding carboxylic acids is 2. The van der Waals surface area contributed by atoms with Crippen LogP contribution in [0.1, 0.15) is 68.2 Å². The summed E-state index contributed by atoms with van der Waals surface area (Å²) in [5.74, 6) is -1.11. The van der Waals surface area contributed by atoms with Crippen LogP contribution in [0.25, 0.3) is 5.65 Å². The third-order valence-corrected chi connectivity index (χ3v) is 9.79. The van der Waals surface area contributed by atoms with Crippen molar-refractivity contribution in [1.29, 1.82) is 0 Å². The van der Waals surface area contributed by atoms with E-state index in [1.54, 1.807) is 23.3 Å². The van der Waals surface area contributed by atoms with E-state index < -0.39 is 11.4 Å². The van der Waals surface area contributed by atoms with Gasteiger partial charge in [-0.1, -0.05) is 37.3 Å². The van der Waals surface area contributed by atoms with Gasteiger partial charge < -0.3 is 19.8 Å². The number of likely N-dealkylation sites (tertiary alicyclic amines) is 2. The number of hydrogen-bond donors (Lipinski definition) is 1. The maximum atomic E-state index is 13.6. The Morgan fingerprint density at radius 2 is 1.67 bits per heavy atom. The van der Waals surface area contributed by atoms with E-state index in [1.165, 1.54) is 5.56 Å². The van der Waals surface area contributed by atoms with E-state index in [0.29, 0.717) is 31.8 Å². The molecule has 0 bridgehead atoms. The molecule has 2 amide bonds. The van der Waals surface area contributed by atoms with Gasteiger partial charge in [-0.25, -0.2) is 9.50 Å². The predicted molar refractivity (Wildman–Crippen MR) is 159 cm³/mol. The van der Waals surface area contributed by atoms with Gasteiger partial charge in [-0.15, -0.1) is 5.10 Å². The summed E-state index contributed by atoms with van der Waals surface area (Å²) >= 11 is 0. The number of rotatable bonds is 6. The van der Waals surface area contributed by atoms with E-state index in [-0.39, 0.29) is 34.9 Å². The minimum atomic E-state index is -1.10. The van der Waals surface area contributed by atoms with Gasteiger partial charge in [-0.05, 0) is 57.2 Å². The second-order valence-electron chi connectivity index (χ2n) is 13.6. The Morgan fingerprint density at radius 1 is 0.976 bits per heavy atom. The Labute approximate surface area is 246 Å². The van der Waals surface area contributed by atoms with E-state index in [0.717, 1.165) is 43.6 Å². The maximum absolute atomic E-state index is 13.6. The van der Waals surface area contributed by atoms with Gasteiger partial charge in [0.1, 0.15) is 0 Å². The fourth-order valence-electron chi connectivity index (χ4n) is 6.95. The summed E-state index contributed by atoms with van der Waals surface area (Å²) in [6.45, 7) is 11.6. The van der Waals surface area contributed by atoms with Crippen LogP contribution in [0, 0.1) is 17.8 Å². The topological polar surface area (TPSA) is 111 Å². The van der Waals surface area contributed by atoms with Crippen LogP contribution in [0.15, 0.2) is 42.6 Å². The maximum Gasteiger partial charge on any atom is 0.309 e. The standard InChI is InChI=1S/C32H40N6O4/c1-22-16-24(35-13-10-31(4,19-35)23-8-6-5-7-9-23)18-38-27(22)33-26(34-38)28(40)37-15-12-32(21-37)11-14-36(20-32)25(39)17-30(2,3)29(41)42/h5-9,16,18H,10-15,17,19-21H2,1-4H3,(H,41,42)/t31-,32+/m0/s1. The number of fused-ring (bicyclic) bond motifs is 1. The average molecular weight is 573 g/mol. The van der Waals surface area contributed by atoms with Crippen LogP contribution in [0.3, 0.4) is 0 Å². The van der Waals surface area contributed by atoms with Crippen molar-refractivity contribution in [2.75, 3.05) is 44.2 Å². The molecule has 2 aromatic heterocycles. The Kier molecular flexibility index (Phi) is 6.78. The number of nitrogens with zero attached hydrogens (tertiary/aromatic N) is 6. The van der Waals surface area contributed by atoms with E-state index in [2.05, 4.69) is 58.3 Å². The number of hydrogen-bond acceptors (Lipinski definition) is 6. The lowest BCUT2D eigenvalue weighted by Crippen LogP contribution is -2.38. The first kappa shape index (κ1) is 28.2. The zero-order valence-corrected chi connectivity index (χ0v) is 25.0. The second kappa shape index (κ2) is 10.1. The molecule has 1 N–H and O–H groups in total. The average Bonchev–Trinajstić information content (AvgIpc) is 3.75. The van der Waals surface area contributed by atoms with Gasteiger partial charge in [0.15, 0.2) is 5.65 Å². The molecule has 1 spiro atoms. The van der Waals surface area contributed by atoms with Gasteiger partial charge in [0.2, 0.25) is 11.7 Å². The molecule has 3 aliphatic rings. The van der Waals surface area contributed by atoms with Gasteiger partial charge in [0.25, 0.3) is 5.91 Å². The minimum Gasteiger partial charge on any atom is -0.481 e. The van der Waals surface area contributed by atoms with E-state index >= 15 is 0 Å². The SMILES string of the molecule is Cc1cc(N2CC[C@](C)(c3ccccc3)C2)cn2nc(C(=O)N3CC[C@@]4(CCN(C(=O)CC(C)(C)C(=O)O)C4)C3)nc12. The van der Waals surface area contributed by atoms with Crippen molar-refractivity contribution >= 4 is 29.1 Å². The van der Waals surface area contributed by atoms with Crippen LogP contribution < -0.4 is 4.90 Å². The lowest BCUT2D eigenvalue weighted by atomic mass is 9.82. The summed E-state index contributed by atoms with van der Waals surface area (Å²) in [6, 6.07) is 12.8. The quantitative estimate of drug-likeness (QED) is 0.479. The first-order valence-corrected chi connectivity index (χ1v) is 14.9. The molecule has 6 rings (SSSR count). The van der Waals surface area contributed by atoms with Crippen molar-refractivity contribution in [3.8, 4) is 0 Å². The van der Waals surface area contributed by atoms with Gasteiger partial charge >= 0.3 is 5.97 Å². The summed E-state index contributed by atoms with van der Waals surface area (Å²) in [4.78, 5) is 48.5. The molecule has 42 heavy (non-hydrogen) atoms. The predicted octanol–water partition coefficient (Wildman–Crippen LogP) is 3.77. The summed E-state index contributed by atoms with van der Waals surface area (Å²) in [6.07, 6.45) is 4.61. The molecule has 3 aromatic rings. The van der Waals surface area contributed by atoms with Crippen LogP contribution in [-0.4, -0.2) is 86.6 Å². The Morgan fingerprint density at radius 3 is 2.38 bits per heavy atom. The number of anilines is 1. The first-order chi connectivity index (χ1) is 19.9. The number of amides is 2. The Bertz CT molecular complexity index is 1550. The lowest BCUT2D eigenvalue weighted by Gasteiger charge is -2.26. The summed E-state index contributed by atoms with van der Waals surface area (Å²) in [7, 11) is 0. The van der Waals surface area contributed by atoms with Crippen molar-refractivity contribution in [1.82, 2.24) is 24.4 Å². The highest BCUT2D eigenvalue weighted by atomic mass is 16.4. The molecule has 5 heterocycles. The normalized spacial score (nSPS) is 24.3. The third kappa shape index (κ3) is 5.01. The third-order valence-electron chi connectivity index (χ3n) is 9.79. The number of pyridine rings is 1. The van der Waals surface area contributed by atoms with Gasteiger partial charge in [0.05, 0.1) is 17.3 Å². The smallest absolute Gasteiger partial charge is 0.309 e. The number of aryl methyl sites for hydroxylation is 1. The van der Waals surface area contributed by atoms with Crippen LogP contribution in [0.2, 0.25) is 0 Å². The molecule has 0 radical (unpaired) electrons. The van der Waals surface area contributed by atoms with Crippen molar-refractivity contribution in [3.05, 3.63) is 59.5 Å². The molecular formula is C32H40N6O4. The number of carboxylic acid groups (broad SMARTS) is 1. The number of carbonyl (C=O) groups is 3. The number of aliphatic carboxylic acids is 1. The van der Waals surface area contributed by atoms with Crippen molar-refractivity contribution < 1.29 is 19.5 Å². The molecule has 1 aromatic carbocycles. The summed E-state index contributed by atoms with van der Waals surface area (Å²) in [5, 5.41) is 14.0. The fraction of sp³-hybridized carbons (Fsp3) is 0.531. The highest BCUT2D eigenvalue weighted by molar-refractivity contribution is 5.91.